The fourth-order valence-electron chi connectivity index (χ4n) is 2.77. The lowest BCUT2D eigenvalue weighted by molar-refractivity contribution is -0.119. The molecule has 0 radical (unpaired) electrons. The molecule has 0 saturated carbocycles. The molecule has 1 aliphatic heterocycles. The Balaban J connectivity index is 1.45. The zero-order chi connectivity index (χ0) is 19.9. The summed E-state index contributed by atoms with van der Waals surface area (Å²) in [5.74, 6) is -0.313. The van der Waals surface area contributed by atoms with Gasteiger partial charge in [0.15, 0.2) is 6.61 Å². The second-order valence-corrected chi connectivity index (χ2v) is 7.43. The molecular formula is C21H22BrNO5. The molecular weight excluding hydrogens is 426 g/mol. The van der Waals surface area contributed by atoms with Gasteiger partial charge in [-0.25, -0.2) is 4.79 Å². The Bertz CT molecular complexity index is 831. The Labute approximate surface area is 172 Å². The van der Waals surface area contributed by atoms with E-state index in [0.29, 0.717) is 23.6 Å². The summed E-state index contributed by atoms with van der Waals surface area (Å²) in [6, 6.07) is 12.2. The van der Waals surface area contributed by atoms with Crippen LogP contribution in [0.4, 0.5) is 5.69 Å². The molecule has 148 valence electrons. The number of esters is 1. The van der Waals surface area contributed by atoms with Crippen LogP contribution < -0.4 is 10.1 Å². The number of aryl methyl sites for hydroxylation is 1. The van der Waals surface area contributed by atoms with E-state index in [9.17, 15) is 9.59 Å². The molecule has 7 heteroatoms. The van der Waals surface area contributed by atoms with E-state index in [1.165, 1.54) is 0 Å². The minimum absolute atomic E-state index is 0.136. The largest absolute Gasteiger partial charge is 0.491 e. The average molecular weight is 448 g/mol. The molecule has 0 aliphatic carbocycles. The van der Waals surface area contributed by atoms with E-state index in [-0.39, 0.29) is 12.7 Å². The van der Waals surface area contributed by atoms with Gasteiger partial charge >= 0.3 is 5.97 Å². The highest BCUT2D eigenvalue weighted by Gasteiger charge is 2.16. The van der Waals surface area contributed by atoms with Crippen LogP contribution in [0.1, 0.15) is 28.8 Å². The first kappa shape index (κ1) is 20.4. The Morgan fingerprint density at radius 1 is 1.21 bits per heavy atom. The molecule has 28 heavy (non-hydrogen) atoms. The van der Waals surface area contributed by atoms with Crippen LogP contribution >= 0.6 is 15.9 Å². The summed E-state index contributed by atoms with van der Waals surface area (Å²) in [7, 11) is 0. The van der Waals surface area contributed by atoms with E-state index in [1.54, 1.807) is 30.3 Å². The SMILES string of the molecule is Cc1ccc(NC(=O)COC(=O)c2ccc(OCC3CCCO3)cc2)c(Br)c1. The molecule has 1 fully saturated rings. The molecule has 1 aliphatic rings. The number of carbonyl (C=O) groups excluding carboxylic acids is 2. The van der Waals surface area contributed by atoms with Crippen molar-refractivity contribution in [2.75, 3.05) is 25.1 Å². The molecule has 1 saturated heterocycles. The first-order valence-corrected chi connectivity index (χ1v) is 9.88. The topological polar surface area (TPSA) is 73.9 Å². The fourth-order valence-corrected chi connectivity index (χ4v) is 3.37. The number of ether oxygens (including phenoxy) is 3. The first-order chi connectivity index (χ1) is 13.5. The maximum atomic E-state index is 12.1. The number of hydrogen-bond acceptors (Lipinski definition) is 5. The summed E-state index contributed by atoms with van der Waals surface area (Å²) in [4.78, 5) is 24.1. The summed E-state index contributed by atoms with van der Waals surface area (Å²) in [6.07, 6.45) is 2.20. The molecule has 3 rings (SSSR count). The van der Waals surface area contributed by atoms with Gasteiger partial charge in [0.25, 0.3) is 5.91 Å². The number of carbonyl (C=O) groups is 2. The maximum absolute atomic E-state index is 12.1. The molecule has 1 heterocycles. The first-order valence-electron chi connectivity index (χ1n) is 9.09. The van der Waals surface area contributed by atoms with Gasteiger partial charge in [0.2, 0.25) is 0 Å². The molecule has 0 spiro atoms. The normalized spacial score (nSPS) is 15.9. The molecule has 0 aromatic heterocycles. The van der Waals surface area contributed by atoms with Gasteiger partial charge in [-0.05, 0) is 77.7 Å². The highest BCUT2D eigenvalue weighted by molar-refractivity contribution is 9.10. The van der Waals surface area contributed by atoms with Crippen molar-refractivity contribution in [3.63, 3.8) is 0 Å². The van der Waals surface area contributed by atoms with Gasteiger partial charge in [-0.15, -0.1) is 0 Å². The van der Waals surface area contributed by atoms with E-state index < -0.39 is 11.9 Å². The van der Waals surface area contributed by atoms with E-state index in [4.69, 9.17) is 14.2 Å². The van der Waals surface area contributed by atoms with Crippen LogP contribution in [0.15, 0.2) is 46.9 Å². The van der Waals surface area contributed by atoms with Crippen LogP contribution in [0.3, 0.4) is 0 Å². The number of rotatable bonds is 7. The van der Waals surface area contributed by atoms with Crippen LogP contribution in [-0.2, 0) is 14.3 Å². The van der Waals surface area contributed by atoms with Gasteiger partial charge in [-0.2, -0.15) is 0 Å². The van der Waals surface area contributed by atoms with Gasteiger partial charge in [0.05, 0.1) is 17.4 Å². The van der Waals surface area contributed by atoms with Crippen molar-refractivity contribution in [1.82, 2.24) is 0 Å². The highest BCUT2D eigenvalue weighted by Crippen LogP contribution is 2.23. The molecule has 1 unspecified atom stereocenters. The second kappa shape index (κ2) is 9.71. The van der Waals surface area contributed by atoms with Crippen molar-refractivity contribution >= 4 is 33.5 Å². The van der Waals surface area contributed by atoms with Gasteiger partial charge < -0.3 is 19.5 Å². The molecule has 2 aromatic carbocycles. The van der Waals surface area contributed by atoms with Gasteiger partial charge in [0, 0.05) is 11.1 Å². The molecule has 1 N–H and O–H groups in total. The monoisotopic (exact) mass is 447 g/mol. The third kappa shape index (κ3) is 5.81. The zero-order valence-corrected chi connectivity index (χ0v) is 17.2. The van der Waals surface area contributed by atoms with E-state index in [2.05, 4.69) is 21.2 Å². The number of anilines is 1. The smallest absolute Gasteiger partial charge is 0.338 e. The molecule has 1 amide bonds. The number of halogens is 1. The third-order valence-corrected chi connectivity index (χ3v) is 4.94. The highest BCUT2D eigenvalue weighted by atomic mass is 79.9. The Hall–Kier alpha value is -2.38. The van der Waals surface area contributed by atoms with Crippen molar-refractivity contribution in [3.8, 4) is 5.75 Å². The van der Waals surface area contributed by atoms with E-state index >= 15 is 0 Å². The second-order valence-electron chi connectivity index (χ2n) is 6.58. The fraction of sp³-hybridized carbons (Fsp3) is 0.333. The van der Waals surface area contributed by atoms with Crippen molar-refractivity contribution < 1.29 is 23.8 Å². The van der Waals surface area contributed by atoms with Gasteiger partial charge in [0.1, 0.15) is 12.4 Å². The van der Waals surface area contributed by atoms with Crippen LogP contribution in [0.5, 0.6) is 5.75 Å². The van der Waals surface area contributed by atoms with Crippen molar-refractivity contribution in [3.05, 3.63) is 58.1 Å². The van der Waals surface area contributed by atoms with Crippen LogP contribution in [-0.4, -0.2) is 37.8 Å². The van der Waals surface area contributed by atoms with Crippen molar-refractivity contribution in [1.29, 1.82) is 0 Å². The quantitative estimate of drug-likeness (QED) is 0.646. The summed E-state index contributed by atoms with van der Waals surface area (Å²) in [5.41, 5.74) is 2.05. The predicted octanol–water partition coefficient (Wildman–Crippen LogP) is 4.11. The van der Waals surface area contributed by atoms with Crippen molar-refractivity contribution in [2.24, 2.45) is 0 Å². The maximum Gasteiger partial charge on any atom is 0.338 e. The van der Waals surface area contributed by atoms with Crippen molar-refractivity contribution in [2.45, 2.75) is 25.9 Å². The molecule has 2 aromatic rings. The minimum Gasteiger partial charge on any atom is -0.491 e. The number of nitrogens with one attached hydrogen (secondary N) is 1. The lowest BCUT2D eigenvalue weighted by Gasteiger charge is -2.12. The zero-order valence-electron chi connectivity index (χ0n) is 15.6. The van der Waals surface area contributed by atoms with Crippen LogP contribution in [0.25, 0.3) is 0 Å². The predicted molar refractivity (Wildman–Crippen MR) is 109 cm³/mol. The summed E-state index contributed by atoms with van der Waals surface area (Å²) < 4.78 is 17.0. The summed E-state index contributed by atoms with van der Waals surface area (Å²) in [5, 5.41) is 2.70. The van der Waals surface area contributed by atoms with E-state index in [0.717, 1.165) is 29.5 Å². The minimum atomic E-state index is -0.566. The third-order valence-electron chi connectivity index (χ3n) is 4.28. The Morgan fingerprint density at radius 3 is 2.68 bits per heavy atom. The van der Waals surface area contributed by atoms with Crippen LogP contribution in [0.2, 0.25) is 0 Å². The number of amides is 1. The summed E-state index contributed by atoms with van der Waals surface area (Å²) in [6.45, 7) is 2.87. The van der Waals surface area contributed by atoms with E-state index in [1.807, 2.05) is 19.1 Å². The lowest BCUT2D eigenvalue weighted by Crippen LogP contribution is -2.21. The number of benzene rings is 2. The molecule has 6 nitrogen and oxygen atoms in total. The Kier molecular flexibility index (Phi) is 7.06. The standard InChI is InChI=1S/C21H22BrNO5/c1-14-4-9-19(18(22)11-14)23-20(24)13-28-21(25)15-5-7-16(8-6-15)27-12-17-3-2-10-26-17/h4-9,11,17H,2-3,10,12-13H2,1H3,(H,23,24). The van der Waals surface area contributed by atoms with Gasteiger partial charge in [-0.3, -0.25) is 4.79 Å². The lowest BCUT2D eigenvalue weighted by atomic mass is 10.2. The molecule has 1 atom stereocenters. The van der Waals surface area contributed by atoms with Crippen LogP contribution in [0, 0.1) is 6.92 Å². The molecule has 0 bridgehead atoms. The number of hydrogen-bond donors (Lipinski definition) is 1. The van der Waals surface area contributed by atoms with Gasteiger partial charge in [-0.1, -0.05) is 6.07 Å². The Morgan fingerprint density at radius 2 is 2.00 bits per heavy atom. The summed E-state index contributed by atoms with van der Waals surface area (Å²) >= 11 is 3.39. The average Bonchev–Trinajstić information content (AvgIpc) is 3.21.